The normalized spacial score (nSPS) is 12.1. The van der Waals surface area contributed by atoms with Crippen LogP contribution in [0.2, 0.25) is 10.0 Å². The zero-order valence-electron chi connectivity index (χ0n) is 10.3. The number of hydrogen-bond donors (Lipinski definition) is 0. The molecule has 0 bridgehead atoms. The third kappa shape index (κ3) is 3.55. The van der Waals surface area contributed by atoms with Gasteiger partial charge in [-0.2, -0.15) is 4.31 Å². The minimum atomic E-state index is -3.67. The van der Waals surface area contributed by atoms with Gasteiger partial charge in [0.2, 0.25) is 10.0 Å². The Hall–Kier alpha value is -0.110. The molecule has 0 amide bonds. The van der Waals surface area contributed by atoms with Crippen molar-refractivity contribution in [3.63, 3.8) is 0 Å². The van der Waals surface area contributed by atoms with Crippen molar-refractivity contribution in [1.82, 2.24) is 4.31 Å². The van der Waals surface area contributed by atoms with E-state index >= 15 is 0 Å². The standard InChI is InChI=1S/C12H10BrCl2NO2S2/c1-16(6-10-4-8(13)7-19-10)20(17,18)12-5-9(14)2-3-11(12)15/h2-5,7H,6H2,1H3. The molecule has 0 atom stereocenters. The summed E-state index contributed by atoms with van der Waals surface area (Å²) in [4.78, 5) is 0.950. The van der Waals surface area contributed by atoms with Crippen molar-refractivity contribution in [3.05, 3.63) is 49.0 Å². The van der Waals surface area contributed by atoms with Crippen molar-refractivity contribution in [1.29, 1.82) is 0 Å². The molecule has 0 aliphatic rings. The smallest absolute Gasteiger partial charge is 0.207 e. The summed E-state index contributed by atoms with van der Waals surface area (Å²) in [5.74, 6) is 0. The maximum Gasteiger partial charge on any atom is 0.244 e. The number of rotatable bonds is 4. The highest BCUT2D eigenvalue weighted by Gasteiger charge is 2.24. The Labute approximate surface area is 140 Å². The van der Waals surface area contributed by atoms with Gasteiger partial charge in [0.05, 0.1) is 5.02 Å². The molecule has 0 N–H and O–H groups in total. The summed E-state index contributed by atoms with van der Waals surface area (Å²) in [6.45, 7) is 0.279. The number of halogens is 3. The lowest BCUT2D eigenvalue weighted by atomic mass is 10.4. The average molecular weight is 415 g/mol. The molecule has 0 aliphatic carbocycles. The van der Waals surface area contributed by atoms with Gasteiger partial charge in [-0.25, -0.2) is 8.42 Å². The van der Waals surface area contributed by atoms with Gasteiger partial charge in [-0.3, -0.25) is 0 Å². The van der Waals surface area contributed by atoms with Crippen LogP contribution in [0.15, 0.2) is 39.0 Å². The molecule has 0 saturated carbocycles. The van der Waals surface area contributed by atoms with Crippen molar-refractivity contribution >= 4 is 60.5 Å². The van der Waals surface area contributed by atoms with Crippen LogP contribution in [0.3, 0.4) is 0 Å². The molecular formula is C12H10BrCl2NO2S2. The molecule has 1 heterocycles. The predicted molar refractivity (Wildman–Crippen MR) is 87.1 cm³/mol. The highest BCUT2D eigenvalue weighted by Crippen LogP contribution is 2.29. The summed E-state index contributed by atoms with van der Waals surface area (Å²) in [6.07, 6.45) is 0. The van der Waals surface area contributed by atoms with Crippen LogP contribution in [0.25, 0.3) is 0 Å². The summed E-state index contributed by atoms with van der Waals surface area (Å²) in [5.41, 5.74) is 0. The lowest BCUT2D eigenvalue weighted by molar-refractivity contribution is 0.469. The topological polar surface area (TPSA) is 37.4 Å². The van der Waals surface area contributed by atoms with Gasteiger partial charge in [0.25, 0.3) is 0 Å². The summed E-state index contributed by atoms with van der Waals surface area (Å²) in [6, 6.07) is 6.28. The van der Waals surface area contributed by atoms with Crippen LogP contribution in [0.5, 0.6) is 0 Å². The van der Waals surface area contributed by atoms with Crippen LogP contribution >= 0.6 is 50.5 Å². The molecule has 0 fully saturated rings. The average Bonchev–Trinajstić information content (AvgIpc) is 2.77. The Balaban J connectivity index is 2.32. The van der Waals surface area contributed by atoms with Gasteiger partial charge in [0.1, 0.15) is 4.90 Å². The first kappa shape index (κ1) is 16.3. The van der Waals surface area contributed by atoms with Crippen molar-refractivity contribution in [2.24, 2.45) is 0 Å². The first-order valence-electron chi connectivity index (χ1n) is 5.45. The first-order chi connectivity index (χ1) is 9.30. The van der Waals surface area contributed by atoms with E-state index in [-0.39, 0.29) is 16.5 Å². The third-order valence-corrected chi connectivity index (χ3v) is 6.78. The van der Waals surface area contributed by atoms with E-state index < -0.39 is 10.0 Å². The van der Waals surface area contributed by atoms with E-state index in [0.717, 1.165) is 9.35 Å². The Morgan fingerprint density at radius 2 is 2.00 bits per heavy atom. The maximum absolute atomic E-state index is 12.5. The van der Waals surface area contributed by atoms with Crippen molar-refractivity contribution in [3.8, 4) is 0 Å². The van der Waals surface area contributed by atoms with Gasteiger partial charge in [-0.1, -0.05) is 23.2 Å². The molecule has 8 heteroatoms. The van der Waals surface area contributed by atoms with Gasteiger partial charge < -0.3 is 0 Å². The minimum absolute atomic E-state index is 0.0183. The first-order valence-corrected chi connectivity index (χ1v) is 9.32. The predicted octanol–water partition coefficient (Wildman–Crippen LogP) is 4.64. The molecule has 0 unspecified atom stereocenters. The number of nitrogens with zero attached hydrogens (tertiary/aromatic N) is 1. The van der Waals surface area contributed by atoms with E-state index in [4.69, 9.17) is 23.2 Å². The SMILES string of the molecule is CN(Cc1cc(Br)cs1)S(=O)(=O)c1cc(Cl)ccc1Cl. The van der Waals surface area contributed by atoms with Crippen LogP contribution in [-0.2, 0) is 16.6 Å². The Kier molecular flexibility index (Phi) is 5.15. The molecule has 2 aromatic rings. The molecule has 20 heavy (non-hydrogen) atoms. The molecule has 0 spiro atoms. The lowest BCUT2D eigenvalue weighted by Gasteiger charge is -2.17. The third-order valence-electron chi connectivity index (χ3n) is 2.58. The Morgan fingerprint density at radius 1 is 1.30 bits per heavy atom. The van der Waals surface area contributed by atoms with Gasteiger partial charge >= 0.3 is 0 Å². The second-order valence-electron chi connectivity index (χ2n) is 4.07. The van der Waals surface area contributed by atoms with Gasteiger partial charge in [-0.15, -0.1) is 11.3 Å². The summed E-state index contributed by atoms with van der Waals surface area (Å²) < 4.78 is 27.2. The van der Waals surface area contributed by atoms with Crippen molar-refractivity contribution < 1.29 is 8.42 Å². The van der Waals surface area contributed by atoms with Crippen LogP contribution in [-0.4, -0.2) is 19.8 Å². The molecular weight excluding hydrogens is 405 g/mol. The fourth-order valence-corrected chi connectivity index (χ4v) is 5.05. The zero-order valence-corrected chi connectivity index (χ0v) is 15.0. The summed E-state index contributed by atoms with van der Waals surface area (Å²) in [5, 5.41) is 2.40. The molecule has 0 saturated heterocycles. The molecule has 0 aliphatic heterocycles. The summed E-state index contributed by atoms with van der Waals surface area (Å²) >= 11 is 16.6. The van der Waals surface area contributed by atoms with Gasteiger partial charge in [-0.05, 0) is 40.2 Å². The molecule has 1 aromatic heterocycles. The second kappa shape index (κ2) is 6.34. The Bertz CT molecular complexity index is 731. The number of thiophene rings is 1. The Morgan fingerprint density at radius 3 is 2.60 bits per heavy atom. The quantitative estimate of drug-likeness (QED) is 0.730. The number of benzene rings is 1. The van der Waals surface area contributed by atoms with Crippen LogP contribution < -0.4 is 0 Å². The summed E-state index contributed by atoms with van der Waals surface area (Å²) in [7, 11) is -2.16. The van der Waals surface area contributed by atoms with Crippen molar-refractivity contribution in [2.75, 3.05) is 7.05 Å². The molecule has 2 rings (SSSR count). The van der Waals surface area contributed by atoms with Crippen LogP contribution in [0.1, 0.15) is 4.88 Å². The van der Waals surface area contributed by atoms with E-state index in [1.54, 1.807) is 6.07 Å². The second-order valence-corrected chi connectivity index (χ2v) is 8.84. The maximum atomic E-state index is 12.5. The van der Waals surface area contributed by atoms with Gasteiger partial charge in [0, 0.05) is 33.3 Å². The fourth-order valence-electron chi connectivity index (χ4n) is 1.58. The highest BCUT2D eigenvalue weighted by molar-refractivity contribution is 9.10. The van der Waals surface area contributed by atoms with E-state index in [9.17, 15) is 8.42 Å². The molecule has 3 nitrogen and oxygen atoms in total. The van der Waals surface area contributed by atoms with Gasteiger partial charge in [0.15, 0.2) is 0 Å². The van der Waals surface area contributed by atoms with E-state index in [2.05, 4.69) is 15.9 Å². The van der Waals surface area contributed by atoms with E-state index in [1.165, 1.54) is 34.8 Å². The number of hydrogen-bond acceptors (Lipinski definition) is 3. The van der Waals surface area contributed by atoms with Crippen LogP contribution in [0.4, 0.5) is 0 Å². The zero-order chi connectivity index (χ0) is 14.9. The van der Waals surface area contributed by atoms with Crippen molar-refractivity contribution in [2.45, 2.75) is 11.4 Å². The van der Waals surface area contributed by atoms with Crippen LogP contribution in [0, 0.1) is 0 Å². The minimum Gasteiger partial charge on any atom is -0.207 e. The lowest BCUT2D eigenvalue weighted by Crippen LogP contribution is -2.26. The monoisotopic (exact) mass is 413 g/mol. The largest absolute Gasteiger partial charge is 0.244 e. The molecule has 1 aromatic carbocycles. The fraction of sp³-hybridized carbons (Fsp3) is 0.167. The number of sulfonamides is 1. The molecule has 0 radical (unpaired) electrons. The molecule has 108 valence electrons. The highest BCUT2D eigenvalue weighted by atomic mass is 79.9. The van der Waals surface area contributed by atoms with E-state index in [1.807, 2.05) is 11.4 Å². The van der Waals surface area contributed by atoms with E-state index in [0.29, 0.717) is 5.02 Å².